The minimum atomic E-state index is -3.74. The van der Waals surface area contributed by atoms with E-state index in [1.54, 1.807) is 0 Å². The molecule has 0 unspecified atom stereocenters. The van der Waals surface area contributed by atoms with Gasteiger partial charge in [0, 0.05) is 12.3 Å². The summed E-state index contributed by atoms with van der Waals surface area (Å²) in [5.74, 6) is 0. The molecule has 1 fully saturated rings. The van der Waals surface area contributed by atoms with E-state index in [1.165, 1.54) is 12.1 Å². The second-order valence-electron chi connectivity index (χ2n) is 6.34. The summed E-state index contributed by atoms with van der Waals surface area (Å²) in [6.45, 7) is 7.48. The Bertz CT molecular complexity index is 712. The van der Waals surface area contributed by atoms with Crippen molar-refractivity contribution >= 4 is 28.1 Å². The summed E-state index contributed by atoms with van der Waals surface area (Å²) in [6.07, 6.45) is 0.934. The molecule has 0 saturated carbocycles. The third kappa shape index (κ3) is 2.88. The first-order chi connectivity index (χ1) is 9.85. The summed E-state index contributed by atoms with van der Waals surface area (Å²) in [5, 5.41) is 11.0. The predicted octanol–water partition coefficient (Wildman–Crippen LogP) is 1.30. The van der Waals surface area contributed by atoms with Crippen LogP contribution in [-0.4, -0.2) is 37.9 Å². The molecule has 0 bridgehead atoms. The third-order valence-electron chi connectivity index (χ3n) is 4.11. The quantitative estimate of drug-likeness (QED) is 0.472. The van der Waals surface area contributed by atoms with Crippen LogP contribution in [0.3, 0.4) is 0 Å². The van der Waals surface area contributed by atoms with Gasteiger partial charge in [0.1, 0.15) is 4.90 Å². The Morgan fingerprint density at radius 3 is 2.05 bits per heavy atom. The van der Waals surface area contributed by atoms with E-state index < -0.39 is 38.8 Å². The van der Waals surface area contributed by atoms with E-state index in [4.69, 9.17) is 9.31 Å². The van der Waals surface area contributed by atoms with Gasteiger partial charge in [-0.1, -0.05) is 6.07 Å². The normalized spacial score (nSPS) is 20.1. The van der Waals surface area contributed by atoms with Gasteiger partial charge < -0.3 is 9.31 Å². The van der Waals surface area contributed by atoms with E-state index in [0.717, 1.165) is 12.3 Å². The third-order valence-corrected chi connectivity index (χ3v) is 5.23. The summed E-state index contributed by atoms with van der Waals surface area (Å²) < 4.78 is 35.3. The van der Waals surface area contributed by atoms with Crippen LogP contribution in [0, 0.1) is 10.1 Å². The van der Waals surface area contributed by atoms with Gasteiger partial charge in [-0.15, -0.1) is 0 Å². The summed E-state index contributed by atoms with van der Waals surface area (Å²) in [7, 11) is -4.51. The number of sulfone groups is 1. The Balaban J connectivity index is 2.50. The number of hydrogen-bond acceptors (Lipinski definition) is 6. The van der Waals surface area contributed by atoms with E-state index in [1.807, 2.05) is 27.7 Å². The zero-order chi connectivity index (χ0) is 16.9. The topological polar surface area (TPSA) is 95.7 Å². The molecule has 0 amide bonds. The Kier molecular flexibility index (Phi) is 3.87. The molecule has 22 heavy (non-hydrogen) atoms. The van der Waals surface area contributed by atoms with Gasteiger partial charge in [-0.05, 0) is 39.2 Å². The fourth-order valence-corrected chi connectivity index (χ4v) is 2.98. The minimum absolute atomic E-state index is 0.343. The monoisotopic (exact) mass is 327 g/mol. The van der Waals surface area contributed by atoms with Crippen molar-refractivity contribution in [2.24, 2.45) is 0 Å². The summed E-state index contributed by atoms with van der Waals surface area (Å²) in [4.78, 5) is 9.93. The maximum absolute atomic E-state index is 11.8. The molecule has 0 aliphatic carbocycles. The van der Waals surface area contributed by atoms with Gasteiger partial charge in [-0.3, -0.25) is 10.1 Å². The summed E-state index contributed by atoms with van der Waals surface area (Å²) >= 11 is 0. The molecule has 1 aromatic rings. The lowest BCUT2D eigenvalue weighted by atomic mass is 9.79. The lowest BCUT2D eigenvalue weighted by Crippen LogP contribution is -2.41. The molecule has 2 rings (SSSR count). The van der Waals surface area contributed by atoms with Crippen molar-refractivity contribution in [2.75, 3.05) is 6.26 Å². The van der Waals surface area contributed by atoms with Crippen molar-refractivity contribution in [3.63, 3.8) is 0 Å². The number of nitrogens with zero attached hydrogens (tertiary/aromatic N) is 1. The Labute approximate surface area is 129 Å². The highest BCUT2D eigenvalue weighted by Gasteiger charge is 2.52. The molecule has 7 nitrogen and oxygen atoms in total. The summed E-state index contributed by atoms with van der Waals surface area (Å²) in [5.41, 5.74) is -1.18. The van der Waals surface area contributed by atoms with Crippen molar-refractivity contribution < 1.29 is 22.6 Å². The number of nitro groups is 1. The van der Waals surface area contributed by atoms with E-state index in [-0.39, 0.29) is 4.90 Å². The molecule has 120 valence electrons. The van der Waals surface area contributed by atoms with Gasteiger partial charge >= 0.3 is 7.12 Å². The van der Waals surface area contributed by atoms with Crippen LogP contribution in [0.15, 0.2) is 23.1 Å². The first-order valence-electron chi connectivity index (χ1n) is 6.69. The maximum atomic E-state index is 11.8. The SMILES string of the molecule is CC1(C)OB(c2ccc([N+](=O)[O-])c(S(C)(=O)=O)c2)OC1(C)C. The maximum Gasteiger partial charge on any atom is 0.494 e. The Hall–Kier alpha value is -1.45. The van der Waals surface area contributed by atoms with Crippen LogP contribution in [0.1, 0.15) is 27.7 Å². The van der Waals surface area contributed by atoms with Gasteiger partial charge in [-0.25, -0.2) is 8.42 Å². The van der Waals surface area contributed by atoms with Crippen LogP contribution in [0.5, 0.6) is 0 Å². The van der Waals surface area contributed by atoms with Crippen LogP contribution >= 0.6 is 0 Å². The van der Waals surface area contributed by atoms with Gasteiger partial charge in [0.25, 0.3) is 5.69 Å². The average Bonchev–Trinajstić information content (AvgIpc) is 2.56. The molecule has 0 radical (unpaired) electrons. The van der Waals surface area contributed by atoms with E-state index in [0.29, 0.717) is 5.46 Å². The van der Waals surface area contributed by atoms with Crippen LogP contribution in [-0.2, 0) is 19.1 Å². The van der Waals surface area contributed by atoms with Crippen molar-refractivity contribution in [1.82, 2.24) is 0 Å². The molecular weight excluding hydrogens is 309 g/mol. The van der Waals surface area contributed by atoms with Crippen LogP contribution in [0.25, 0.3) is 0 Å². The highest BCUT2D eigenvalue weighted by Crippen LogP contribution is 2.36. The van der Waals surface area contributed by atoms with Crippen molar-refractivity contribution in [2.45, 2.75) is 43.8 Å². The van der Waals surface area contributed by atoms with Crippen LogP contribution < -0.4 is 5.46 Å². The van der Waals surface area contributed by atoms with Gasteiger partial charge in [0.15, 0.2) is 9.84 Å². The molecule has 1 aromatic carbocycles. The van der Waals surface area contributed by atoms with Crippen molar-refractivity contribution in [1.29, 1.82) is 0 Å². The smallest absolute Gasteiger partial charge is 0.399 e. The molecule has 1 aliphatic heterocycles. The lowest BCUT2D eigenvalue weighted by molar-refractivity contribution is -0.387. The predicted molar refractivity (Wildman–Crippen MR) is 81.9 cm³/mol. The number of benzene rings is 1. The molecule has 0 aromatic heterocycles. The number of rotatable bonds is 3. The van der Waals surface area contributed by atoms with Crippen LogP contribution in [0.4, 0.5) is 5.69 Å². The number of nitro benzene ring substituents is 1. The van der Waals surface area contributed by atoms with Gasteiger partial charge in [-0.2, -0.15) is 0 Å². The van der Waals surface area contributed by atoms with Crippen molar-refractivity contribution in [3.05, 3.63) is 28.3 Å². The molecule has 0 N–H and O–H groups in total. The zero-order valence-corrected chi connectivity index (χ0v) is 13.9. The van der Waals surface area contributed by atoms with E-state index in [9.17, 15) is 18.5 Å². The van der Waals surface area contributed by atoms with Gasteiger partial charge in [0.2, 0.25) is 0 Å². The number of hydrogen-bond donors (Lipinski definition) is 0. The molecule has 0 atom stereocenters. The van der Waals surface area contributed by atoms with E-state index in [2.05, 4.69) is 0 Å². The first kappa shape index (κ1) is 16.9. The molecule has 1 saturated heterocycles. The molecule has 0 spiro atoms. The first-order valence-corrected chi connectivity index (χ1v) is 8.58. The molecule has 1 aliphatic rings. The second-order valence-corrected chi connectivity index (χ2v) is 8.33. The second kappa shape index (κ2) is 5.04. The zero-order valence-electron chi connectivity index (χ0n) is 13.1. The molecular formula is C13H18BNO6S. The Morgan fingerprint density at radius 1 is 1.14 bits per heavy atom. The fourth-order valence-electron chi connectivity index (χ4n) is 2.10. The Morgan fingerprint density at radius 2 is 1.64 bits per heavy atom. The lowest BCUT2D eigenvalue weighted by Gasteiger charge is -2.32. The summed E-state index contributed by atoms with van der Waals surface area (Å²) in [6, 6.07) is 3.86. The van der Waals surface area contributed by atoms with Crippen molar-refractivity contribution in [3.8, 4) is 0 Å². The van der Waals surface area contributed by atoms with Gasteiger partial charge in [0.05, 0.1) is 16.1 Å². The molecule has 9 heteroatoms. The van der Waals surface area contributed by atoms with E-state index >= 15 is 0 Å². The molecule has 1 heterocycles. The minimum Gasteiger partial charge on any atom is -0.399 e. The standard InChI is InChI=1S/C13H18BNO6S/c1-12(2)13(3,4)21-14(20-12)9-6-7-10(15(16)17)11(8-9)22(5,18)19/h6-8H,1-5H3. The highest BCUT2D eigenvalue weighted by atomic mass is 32.2. The fraction of sp³-hybridized carbons (Fsp3) is 0.538. The highest BCUT2D eigenvalue weighted by molar-refractivity contribution is 7.90. The van der Waals surface area contributed by atoms with Crippen LogP contribution in [0.2, 0.25) is 0 Å². The average molecular weight is 327 g/mol. The largest absolute Gasteiger partial charge is 0.494 e.